The largest absolute Gasteiger partial charge is 0.415 e. The lowest BCUT2D eigenvalue weighted by Crippen LogP contribution is -2.40. The number of hydrogen-bond donors (Lipinski definition) is 0. The average molecular weight is 246 g/mol. The van der Waals surface area contributed by atoms with Crippen LogP contribution in [0.5, 0.6) is 0 Å². The highest BCUT2D eigenvalue weighted by atomic mass is 28.4. The zero-order valence-electron chi connectivity index (χ0n) is 12.5. The first-order valence-corrected chi connectivity index (χ1v) is 10.1. The molecule has 1 atom stereocenters. The van der Waals surface area contributed by atoms with Crippen molar-refractivity contribution in [3.8, 4) is 0 Å². The Hall–Kier alpha value is 0.137. The van der Waals surface area contributed by atoms with Crippen molar-refractivity contribution in [2.45, 2.75) is 58.9 Å². The SMILES string of the molecule is CC[N+](C)(C)CCCCC(C)O[Si](C)(C)C. The first-order valence-electron chi connectivity index (χ1n) is 6.66. The van der Waals surface area contributed by atoms with Gasteiger partial charge in [0, 0.05) is 6.10 Å². The summed E-state index contributed by atoms with van der Waals surface area (Å²) in [5.41, 5.74) is 0. The van der Waals surface area contributed by atoms with Crippen molar-refractivity contribution in [2.75, 3.05) is 27.2 Å². The molecule has 0 bridgehead atoms. The summed E-state index contributed by atoms with van der Waals surface area (Å²) in [6.45, 7) is 13.8. The smallest absolute Gasteiger partial charge is 0.184 e. The molecule has 0 N–H and O–H groups in total. The number of hydrogen-bond acceptors (Lipinski definition) is 1. The molecule has 2 nitrogen and oxygen atoms in total. The van der Waals surface area contributed by atoms with Gasteiger partial charge in [-0.15, -0.1) is 0 Å². The topological polar surface area (TPSA) is 9.23 Å². The molecule has 0 aliphatic heterocycles. The molecule has 0 aliphatic carbocycles. The standard InChI is InChI=1S/C13H32NOSi/c1-8-14(3,4)12-10-9-11-13(2)15-16(5,6)7/h13H,8-12H2,1-7H3/q+1. The predicted molar refractivity (Wildman–Crippen MR) is 75.3 cm³/mol. The van der Waals surface area contributed by atoms with Crippen LogP contribution >= 0.6 is 0 Å². The lowest BCUT2D eigenvalue weighted by atomic mass is 10.1. The van der Waals surface area contributed by atoms with E-state index in [0.29, 0.717) is 6.10 Å². The lowest BCUT2D eigenvalue weighted by molar-refractivity contribution is -0.888. The molecule has 16 heavy (non-hydrogen) atoms. The van der Waals surface area contributed by atoms with Crippen LogP contribution in [0.15, 0.2) is 0 Å². The van der Waals surface area contributed by atoms with E-state index < -0.39 is 8.32 Å². The van der Waals surface area contributed by atoms with Gasteiger partial charge in [0.05, 0.1) is 27.2 Å². The first kappa shape index (κ1) is 16.1. The Morgan fingerprint density at radius 3 is 2.12 bits per heavy atom. The Bertz CT molecular complexity index is 187. The Labute approximate surface area is 104 Å². The predicted octanol–water partition coefficient (Wildman–Crippen LogP) is 3.49. The van der Waals surface area contributed by atoms with Crippen molar-refractivity contribution in [2.24, 2.45) is 0 Å². The fraction of sp³-hybridized carbons (Fsp3) is 1.00. The molecular weight excluding hydrogens is 214 g/mol. The summed E-state index contributed by atoms with van der Waals surface area (Å²) in [6, 6.07) is 0. The van der Waals surface area contributed by atoms with Crippen molar-refractivity contribution in [1.29, 1.82) is 0 Å². The second-order valence-corrected chi connectivity index (χ2v) is 11.0. The van der Waals surface area contributed by atoms with Gasteiger partial charge in [-0.2, -0.15) is 0 Å². The molecule has 0 rings (SSSR count). The summed E-state index contributed by atoms with van der Waals surface area (Å²) in [4.78, 5) is 0. The van der Waals surface area contributed by atoms with E-state index in [1.165, 1.54) is 32.4 Å². The fourth-order valence-electron chi connectivity index (χ4n) is 1.79. The second-order valence-electron chi connectivity index (χ2n) is 6.51. The normalized spacial score (nSPS) is 15.2. The van der Waals surface area contributed by atoms with Gasteiger partial charge in [0.1, 0.15) is 0 Å². The summed E-state index contributed by atoms with van der Waals surface area (Å²) < 4.78 is 7.17. The molecule has 0 radical (unpaired) electrons. The molecule has 3 heteroatoms. The van der Waals surface area contributed by atoms with Gasteiger partial charge < -0.3 is 8.91 Å². The highest BCUT2D eigenvalue weighted by Gasteiger charge is 2.18. The zero-order chi connectivity index (χ0) is 12.8. The van der Waals surface area contributed by atoms with Crippen molar-refractivity contribution in [1.82, 2.24) is 0 Å². The van der Waals surface area contributed by atoms with Crippen LogP contribution in [-0.2, 0) is 4.43 Å². The highest BCUT2D eigenvalue weighted by Crippen LogP contribution is 2.13. The molecule has 0 aromatic rings. The van der Waals surface area contributed by atoms with Gasteiger partial charge in [-0.05, 0) is 52.8 Å². The monoisotopic (exact) mass is 246 g/mol. The van der Waals surface area contributed by atoms with Crippen LogP contribution in [0.4, 0.5) is 0 Å². The third-order valence-corrected chi connectivity index (χ3v) is 4.14. The van der Waals surface area contributed by atoms with Gasteiger partial charge >= 0.3 is 0 Å². The minimum atomic E-state index is -1.33. The summed E-state index contributed by atoms with van der Waals surface area (Å²) in [5, 5.41) is 0. The van der Waals surface area contributed by atoms with Crippen molar-refractivity contribution in [3.63, 3.8) is 0 Å². The maximum atomic E-state index is 6.03. The first-order chi connectivity index (χ1) is 7.16. The molecule has 0 spiro atoms. The van der Waals surface area contributed by atoms with Gasteiger partial charge in [0.15, 0.2) is 8.32 Å². The van der Waals surface area contributed by atoms with Crippen LogP contribution < -0.4 is 0 Å². The number of unbranched alkanes of at least 4 members (excludes halogenated alkanes) is 1. The van der Waals surface area contributed by atoms with Crippen LogP contribution in [0.1, 0.15) is 33.1 Å². The summed E-state index contributed by atoms with van der Waals surface area (Å²) in [6.07, 6.45) is 4.28. The molecule has 0 aromatic heterocycles. The van der Waals surface area contributed by atoms with Gasteiger partial charge in [-0.3, -0.25) is 0 Å². The molecular formula is C13H32NOSi+. The van der Waals surface area contributed by atoms with Crippen molar-refractivity contribution < 1.29 is 8.91 Å². The minimum absolute atomic E-state index is 0.448. The van der Waals surface area contributed by atoms with E-state index in [0.717, 1.165) is 4.48 Å². The molecule has 0 saturated carbocycles. The van der Waals surface area contributed by atoms with E-state index in [1.807, 2.05) is 0 Å². The van der Waals surface area contributed by atoms with E-state index in [4.69, 9.17) is 4.43 Å². The lowest BCUT2D eigenvalue weighted by Gasteiger charge is -2.28. The number of quaternary nitrogens is 1. The Morgan fingerprint density at radius 1 is 1.12 bits per heavy atom. The van der Waals surface area contributed by atoms with Crippen LogP contribution in [0, 0.1) is 0 Å². The Kier molecular flexibility index (Phi) is 6.83. The Balaban J connectivity index is 3.60. The molecule has 0 aliphatic rings. The van der Waals surface area contributed by atoms with Gasteiger partial charge in [-0.25, -0.2) is 0 Å². The van der Waals surface area contributed by atoms with Crippen LogP contribution in [-0.4, -0.2) is 46.1 Å². The molecule has 1 unspecified atom stereocenters. The molecule has 98 valence electrons. The van der Waals surface area contributed by atoms with E-state index in [9.17, 15) is 0 Å². The van der Waals surface area contributed by atoms with Crippen molar-refractivity contribution in [3.05, 3.63) is 0 Å². The molecule has 0 saturated heterocycles. The second kappa shape index (κ2) is 6.77. The van der Waals surface area contributed by atoms with Gasteiger partial charge in [0.25, 0.3) is 0 Å². The number of rotatable bonds is 8. The maximum absolute atomic E-state index is 6.03. The van der Waals surface area contributed by atoms with Crippen LogP contribution in [0.3, 0.4) is 0 Å². The van der Waals surface area contributed by atoms with Gasteiger partial charge in [-0.1, -0.05) is 0 Å². The molecule has 0 fully saturated rings. The third-order valence-electron chi connectivity index (χ3n) is 3.03. The molecule has 0 amide bonds. The zero-order valence-corrected chi connectivity index (χ0v) is 13.5. The Morgan fingerprint density at radius 2 is 1.69 bits per heavy atom. The maximum Gasteiger partial charge on any atom is 0.184 e. The van der Waals surface area contributed by atoms with E-state index in [-0.39, 0.29) is 0 Å². The third kappa shape index (κ3) is 9.37. The van der Waals surface area contributed by atoms with Crippen LogP contribution in [0.25, 0.3) is 0 Å². The minimum Gasteiger partial charge on any atom is -0.415 e. The van der Waals surface area contributed by atoms with E-state index in [2.05, 4.69) is 47.6 Å². The van der Waals surface area contributed by atoms with Crippen LogP contribution in [0.2, 0.25) is 19.6 Å². The summed E-state index contributed by atoms with van der Waals surface area (Å²) >= 11 is 0. The van der Waals surface area contributed by atoms with E-state index in [1.54, 1.807) is 0 Å². The quantitative estimate of drug-likeness (QED) is 0.362. The van der Waals surface area contributed by atoms with Crippen molar-refractivity contribution >= 4 is 8.32 Å². The highest BCUT2D eigenvalue weighted by molar-refractivity contribution is 6.69. The molecule has 0 heterocycles. The summed E-state index contributed by atoms with van der Waals surface area (Å²) in [7, 11) is 3.29. The average Bonchev–Trinajstić information content (AvgIpc) is 2.10. The number of nitrogens with zero attached hydrogens (tertiary/aromatic N) is 1. The van der Waals surface area contributed by atoms with E-state index >= 15 is 0 Å². The molecule has 0 aromatic carbocycles. The van der Waals surface area contributed by atoms with Gasteiger partial charge in [0.2, 0.25) is 0 Å². The fourth-order valence-corrected chi connectivity index (χ4v) is 3.12. The summed E-state index contributed by atoms with van der Waals surface area (Å²) in [5.74, 6) is 0.